The van der Waals surface area contributed by atoms with Crippen molar-refractivity contribution in [3.05, 3.63) is 58.3 Å². The lowest BCUT2D eigenvalue weighted by molar-refractivity contribution is -0.109. The maximum absolute atomic E-state index is 11.8. The topological polar surface area (TPSA) is 29.4 Å². The molecule has 0 radical (unpaired) electrons. The molecule has 0 atom stereocenters. The number of fused-ring (bicyclic) bond motifs is 2. The van der Waals surface area contributed by atoms with Gasteiger partial charge in [-0.2, -0.15) is 0 Å². The first-order chi connectivity index (χ1) is 7.27. The van der Waals surface area contributed by atoms with Crippen LogP contribution in [-0.4, -0.2) is 5.78 Å². The monoisotopic (exact) mass is 231 g/mol. The maximum Gasteiger partial charge on any atom is 0.188 e. The molecule has 0 unspecified atom stereocenters. The number of carbonyl (C=O) groups is 1. The fourth-order valence-corrected chi connectivity index (χ4v) is 1.98. The second kappa shape index (κ2) is 3.72. The summed E-state index contributed by atoms with van der Waals surface area (Å²) < 4.78 is 0. The largest absolute Gasteiger partial charge is 0.289 e. The molecular formula is C13H10ClNO. The van der Waals surface area contributed by atoms with Gasteiger partial charge in [-0.05, 0) is 24.6 Å². The second-order valence-corrected chi connectivity index (χ2v) is 3.73. The third-order valence-electron chi connectivity index (χ3n) is 2.75. The van der Waals surface area contributed by atoms with Gasteiger partial charge in [0.1, 0.15) is 0 Å². The maximum atomic E-state index is 11.8. The molecule has 1 aliphatic heterocycles. The van der Waals surface area contributed by atoms with Crippen molar-refractivity contribution in [1.82, 2.24) is 0 Å². The molecule has 1 heterocycles. The van der Waals surface area contributed by atoms with Crippen molar-refractivity contribution >= 4 is 23.8 Å². The number of allylic oxidation sites excluding steroid dienone is 4. The quantitative estimate of drug-likeness (QED) is 0.662. The first-order valence-electron chi connectivity index (χ1n) is 4.89. The van der Waals surface area contributed by atoms with E-state index in [2.05, 4.69) is 4.99 Å². The van der Waals surface area contributed by atoms with Crippen LogP contribution in [0.1, 0.15) is 6.92 Å². The molecule has 0 bridgehead atoms. The Morgan fingerprint density at radius 1 is 1.12 bits per heavy atom. The van der Waals surface area contributed by atoms with Crippen LogP contribution >= 0.6 is 12.4 Å². The van der Waals surface area contributed by atoms with Crippen LogP contribution in [0.3, 0.4) is 0 Å². The van der Waals surface area contributed by atoms with E-state index in [4.69, 9.17) is 0 Å². The molecule has 3 rings (SSSR count). The predicted molar refractivity (Wildman–Crippen MR) is 64.7 cm³/mol. The molecule has 2 aliphatic rings. The van der Waals surface area contributed by atoms with E-state index in [1.54, 1.807) is 6.08 Å². The molecule has 3 heteroatoms. The van der Waals surface area contributed by atoms with Crippen LogP contribution < -0.4 is 10.6 Å². The average molecular weight is 232 g/mol. The molecule has 1 aliphatic carbocycles. The summed E-state index contributed by atoms with van der Waals surface area (Å²) in [5, 5.41) is 1.86. The average Bonchev–Trinajstić information content (AvgIpc) is 2.64. The highest BCUT2D eigenvalue weighted by atomic mass is 35.5. The van der Waals surface area contributed by atoms with Crippen molar-refractivity contribution in [1.29, 1.82) is 0 Å². The van der Waals surface area contributed by atoms with Gasteiger partial charge < -0.3 is 0 Å². The van der Waals surface area contributed by atoms with Gasteiger partial charge in [0.15, 0.2) is 5.78 Å². The minimum atomic E-state index is 0. The van der Waals surface area contributed by atoms with Crippen LogP contribution in [0, 0.1) is 0 Å². The van der Waals surface area contributed by atoms with Gasteiger partial charge in [0.2, 0.25) is 0 Å². The zero-order chi connectivity index (χ0) is 10.4. The van der Waals surface area contributed by atoms with E-state index in [0.29, 0.717) is 0 Å². The summed E-state index contributed by atoms with van der Waals surface area (Å²) in [5.74, 6) is 0.0595. The number of nitrogens with zero attached hydrogens (tertiary/aromatic N) is 1. The molecule has 2 nitrogen and oxygen atoms in total. The summed E-state index contributed by atoms with van der Waals surface area (Å²) in [4.78, 5) is 16.2. The minimum Gasteiger partial charge on any atom is -0.289 e. The second-order valence-electron chi connectivity index (χ2n) is 3.73. The van der Waals surface area contributed by atoms with Gasteiger partial charge in [-0.15, -0.1) is 12.4 Å². The van der Waals surface area contributed by atoms with E-state index < -0.39 is 0 Å². The van der Waals surface area contributed by atoms with Gasteiger partial charge >= 0.3 is 0 Å². The summed E-state index contributed by atoms with van der Waals surface area (Å²) >= 11 is 0. The van der Waals surface area contributed by atoms with Gasteiger partial charge in [-0.25, -0.2) is 4.99 Å². The van der Waals surface area contributed by atoms with Crippen molar-refractivity contribution in [3.8, 4) is 0 Å². The molecule has 16 heavy (non-hydrogen) atoms. The molecule has 0 fully saturated rings. The lowest BCUT2D eigenvalue weighted by Gasteiger charge is -2.07. The zero-order valence-corrected chi connectivity index (χ0v) is 9.54. The standard InChI is InChI=1S/C13H9NO.ClH/c1-8-6-7-11(15)12-9-4-2-3-5-10(9)14-13(8)12;/h2-7H,1H3;1H. The Labute approximate surface area is 99.1 Å². The van der Waals surface area contributed by atoms with E-state index in [9.17, 15) is 4.79 Å². The number of para-hydroxylation sites is 1. The number of carbonyl (C=O) groups excluding carboxylic acids is 1. The van der Waals surface area contributed by atoms with Gasteiger partial charge in [0.25, 0.3) is 0 Å². The molecule has 1 aromatic rings. The number of ketones is 1. The van der Waals surface area contributed by atoms with Crippen molar-refractivity contribution in [3.63, 3.8) is 0 Å². The van der Waals surface area contributed by atoms with Gasteiger partial charge in [0, 0.05) is 5.22 Å². The number of hydrogen-bond donors (Lipinski definition) is 0. The Morgan fingerprint density at radius 2 is 1.88 bits per heavy atom. The molecule has 0 N–H and O–H groups in total. The third kappa shape index (κ3) is 1.34. The third-order valence-corrected chi connectivity index (χ3v) is 2.75. The van der Waals surface area contributed by atoms with E-state index in [1.165, 1.54) is 0 Å². The van der Waals surface area contributed by atoms with Crippen LogP contribution in [-0.2, 0) is 4.79 Å². The Hall–Kier alpha value is -1.67. The smallest absolute Gasteiger partial charge is 0.188 e. The summed E-state index contributed by atoms with van der Waals surface area (Å²) in [6, 6.07) is 7.76. The fraction of sp³-hybridized carbons (Fsp3) is 0.0769. The number of hydrogen-bond acceptors (Lipinski definition) is 2. The predicted octanol–water partition coefficient (Wildman–Crippen LogP) is 1.31. The highest BCUT2D eigenvalue weighted by Gasteiger charge is 2.22. The molecular weight excluding hydrogens is 222 g/mol. The number of benzene rings is 1. The first kappa shape index (κ1) is 10.8. The van der Waals surface area contributed by atoms with E-state index in [0.717, 1.165) is 27.4 Å². The lowest BCUT2D eigenvalue weighted by atomic mass is 9.97. The summed E-state index contributed by atoms with van der Waals surface area (Å²) in [6.45, 7) is 1.98. The first-order valence-corrected chi connectivity index (χ1v) is 4.89. The SMILES string of the molecule is CC1=C2N=c3ccccc3=C2C(=O)C=C1.Cl. The molecule has 0 saturated carbocycles. The molecule has 1 aromatic carbocycles. The minimum absolute atomic E-state index is 0. The van der Waals surface area contributed by atoms with Crippen molar-refractivity contribution < 1.29 is 4.79 Å². The fourth-order valence-electron chi connectivity index (χ4n) is 1.98. The van der Waals surface area contributed by atoms with Crippen molar-refractivity contribution in [2.45, 2.75) is 6.92 Å². The van der Waals surface area contributed by atoms with Crippen LogP contribution in [0.2, 0.25) is 0 Å². The van der Waals surface area contributed by atoms with E-state index >= 15 is 0 Å². The molecule has 80 valence electrons. The Kier molecular flexibility index (Phi) is 2.52. The van der Waals surface area contributed by atoms with Crippen LogP contribution in [0.25, 0.3) is 5.57 Å². The summed E-state index contributed by atoms with van der Waals surface area (Å²) in [5.41, 5.74) is 2.65. The number of rotatable bonds is 0. The summed E-state index contributed by atoms with van der Waals surface area (Å²) in [6.07, 6.45) is 3.45. The number of halogens is 1. The van der Waals surface area contributed by atoms with Crippen LogP contribution in [0.5, 0.6) is 0 Å². The van der Waals surface area contributed by atoms with Crippen LogP contribution in [0.4, 0.5) is 0 Å². The molecule has 0 amide bonds. The Morgan fingerprint density at radius 3 is 2.69 bits per heavy atom. The van der Waals surface area contributed by atoms with Crippen LogP contribution in [0.15, 0.2) is 52.7 Å². The van der Waals surface area contributed by atoms with Crippen molar-refractivity contribution in [2.75, 3.05) is 0 Å². The zero-order valence-electron chi connectivity index (χ0n) is 8.73. The normalized spacial score (nSPS) is 16.6. The van der Waals surface area contributed by atoms with E-state index in [1.807, 2.05) is 37.3 Å². The van der Waals surface area contributed by atoms with Gasteiger partial charge in [-0.1, -0.05) is 24.3 Å². The van der Waals surface area contributed by atoms with Gasteiger partial charge in [-0.3, -0.25) is 4.79 Å². The summed E-state index contributed by atoms with van der Waals surface area (Å²) in [7, 11) is 0. The highest BCUT2D eigenvalue weighted by Crippen LogP contribution is 2.24. The molecule has 0 spiro atoms. The Balaban J connectivity index is 0.000000963. The van der Waals surface area contributed by atoms with E-state index in [-0.39, 0.29) is 18.2 Å². The van der Waals surface area contributed by atoms with Crippen molar-refractivity contribution in [2.24, 2.45) is 4.99 Å². The highest BCUT2D eigenvalue weighted by molar-refractivity contribution is 6.27. The van der Waals surface area contributed by atoms with Gasteiger partial charge in [0.05, 0.1) is 16.6 Å². The lowest BCUT2D eigenvalue weighted by Crippen LogP contribution is -2.24. The molecule has 0 aromatic heterocycles. The Bertz CT molecular complexity index is 653. The molecule has 0 saturated heterocycles.